The smallest absolute Gasteiger partial charge is 0.248 e. The molecule has 1 aromatic carbocycles. The Balaban J connectivity index is 3.02. The summed E-state index contributed by atoms with van der Waals surface area (Å²) in [6, 6.07) is 5.25. The second-order valence-corrected chi connectivity index (χ2v) is 5.81. The Morgan fingerprint density at radius 2 is 2.11 bits per heavy atom. The Labute approximate surface area is 116 Å². The molecule has 0 saturated heterocycles. The van der Waals surface area contributed by atoms with Gasteiger partial charge in [0.1, 0.15) is 0 Å². The molecule has 0 spiro atoms. The van der Waals surface area contributed by atoms with Gasteiger partial charge in [-0.3, -0.25) is 4.79 Å². The van der Waals surface area contributed by atoms with E-state index in [1.165, 1.54) is 0 Å². The van der Waals surface area contributed by atoms with Crippen LogP contribution >= 0.6 is 15.9 Å². The molecule has 100 valence electrons. The minimum absolute atomic E-state index is 0.198. The van der Waals surface area contributed by atoms with Crippen LogP contribution in [0.5, 0.6) is 0 Å². The number of hydrogen-bond acceptors (Lipinski definition) is 3. The maximum absolute atomic E-state index is 11.1. The van der Waals surface area contributed by atoms with Crippen molar-refractivity contribution >= 4 is 27.5 Å². The molecule has 1 unspecified atom stereocenters. The molecule has 0 fully saturated rings. The minimum atomic E-state index is -0.437. The molecule has 5 N–H and O–H groups in total. The Kier molecular flexibility index (Phi) is 4.76. The van der Waals surface area contributed by atoms with Crippen LogP contribution in [-0.4, -0.2) is 18.0 Å². The molecule has 0 aromatic heterocycles. The van der Waals surface area contributed by atoms with E-state index in [0.29, 0.717) is 18.0 Å². The SMILES string of the molecule is CC(C)C(C)(CN)Nc1ccc(C(N)=O)cc1Br. The van der Waals surface area contributed by atoms with E-state index in [2.05, 4.69) is 42.0 Å². The Morgan fingerprint density at radius 3 is 2.50 bits per heavy atom. The van der Waals surface area contributed by atoms with Gasteiger partial charge in [-0.1, -0.05) is 13.8 Å². The van der Waals surface area contributed by atoms with Gasteiger partial charge in [0.15, 0.2) is 0 Å². The molecule has 0 heterocycles. The molecule has 0 bridgehead atoms. The van der Waals surface area contributed by atoms with Crippen LogP contribution in [0.15, 0.2) is 22.7 Å². The second-order valence-electron chi connectivity index (χ2n) is 4.96. The predicted octanol–water partition coefficient (Wildman–Crippen LogP) is 2.33. The van der Waals surface area contributed by atoms with Gasteiger partial charge >= 0.3 is 0 Å². The Bertz CT molecular complexity index is 448. The number of rotatable bonds is 5. The van der Waals surface area contributed by atoms with Crippen molar-refractivity contribution in [2.24, 2.45) is 17.4 Å². The number of primary amides is 1. The molecule has 4 nitrogen and oxygen atoms in total. The van der Waals surface area contributed by atoms with Gasteiger partial charge in [0, 0.05) is 27.8 Å². The monoisotopic (exact) mass is 313 g/mol. The number of nitrogens with two attached hydrogens (primary N) is 2. The highest BCUT2D eigenvalue weighted by atomic mass is 79.9. The van der Waals surface area contributed by atoms with E-state index in [0.717, 1.165) is 10.2 Å². The van der Waals surface area contributed by atoms with Gasteiger partial charge in [-0.15, -0.1) is 0 Å². The molecule has 18 heavy (non-hydrogen) atoms. The van der Waals surface area contributed by atoms with Gasteiger partial charge in [0.2, 0.25) is 5.91 Å². The van der Waals surface area contributed by atoms with Gasteiger partial charge < -0.3 is 16.8 Å². The fourth-order valence-corrected chi connectivity index (χ4v) is 1.99. The average molecular weight is 314 g/mol. The van der Waals surface area contributed by atoms with Crippen molar-refractivity contribution in [2.75, 3.05) is 11.9 Å². The molecule has 1 atom stereocenters. The summed E-state index contributed by atoms with van der Waals surface area (Å²) in [6.45, 7) is 6.83. The van der Waals surface area contributed by atoms with E-state index in [1.54, 1.807) is 12.1 Å². The summed E-state index contributed by atoms with van der Waals surface area (Å²) in [4.78, 5) is 11.1. The maximum atomic E-state index is 11.1. The molecule has 0 aliphatic heterocycles. The molecular formula is C13H20BrN3O. The van der Waals surface area contributed by atoms with Crippen molar-refractivity contribution in [3.63, 3.8) is 0 Å². The van der Waals surface area contributed by atoms with Crippen LogP contribution in [0.1, 0.15) is 31.1 Å². The maximum Gasteiger partial charge on any atom is 0.248 e. The highest BCUT2D eigenvalue weighted by Crippen LogP contribution is 2.29. The topological polar surface area (TPSA) is 81.1 Å². The van der Waals surface area contributed by atoms with Gasteiger partial charge in [0.25, 0.3) is 0 Å². The van der Waals surface area contributed by atoms with Crippen molar-refractivity contribution in [1.82, 2.24) is 0 Å². The largest absolute Gasteiger partial charge is 0.377 e. The van der Waals surface area contributed by atoms with Crippen molar-refractivity contribution < 1.29 is 4.79 Å². The number of amides is 1. The van der Waals surface area contributed by atoms with Crippen LogP contribution in [0.3, 0.4) is 0 Å². The normalized spacial score (nSPS) is 14.3. The van der Waals surface area contributed by atoms with E-state index in [4.69, 9.17) is 11.5 Å². The first-order chi connectivity index (χ1) is 8.30. The fourth-order valence-electron chi connectivity index (χ4n) is 1.51. The molecule has 0 aliphatic rings. The molecule has 0 saturated carbocycles. The van der Waals surface area contributed by atoms with E-state index >= 15 is 0 Å². The van der Waals surface area contributed by atoms with Gasteiger partial charge in [-0.25, -0.2) is 0 Å². The van der Waals surface area contributed by atoms with Crippen molar-refractivity contribution in [3.8, 4) is 0 Å². The number of benzene rings is 1. The average Bonchev–Trinajstić information content (AvgIpc) is 2.31. The number of hydrogen-bond donors (Lipinski definition) is 3. The van der Waals surface area contributed by atoms with E-state index in [9.17, 15) is 4.79 Å². The first-order valence-corrected chi connectivity index (χ1v) is 6.67. The van der Waals surface area contributed by atoms with Crippen molar-refractivity contribution in [1.29, 1.82) is 0 Å². The third kappa shape index (κ3) is 3.23. The van der Waals surface area contributed by atoms with Crippen molar-refractivity contribution in [3.05, 3.63) is 28.2 Å². The summed E-state index contributed by atoms with van der Waals surface area (Å²) in [5.74, 6) is -0.0575. The summed E-state index contributed by atoms with van der Waals surface area (Å²) < 4.78 is 0.805. The Hall–Kier alpha value is -1.07. The van der Waals surface area contributed by atoms with Crippen molar-refractivity contribution in [2.45, 2.75) is 26.3 Å². The van der Waals surface area contributed by atoms with Gasteiger partial charge in [0.05, 0.1) is 0 Å². The highest BCUT2D eigenvalue weighted by Gasteiger charge is 2.27. The zero-order valence-corrected chi connectivity index (χ0v) is 12.5. The summed E-state index contributed by atoms with van der Waals surface area (Å²) >= 11 is 3.44. The molecule has 1 aromatic rings. The van der Waals surface area contributed by atoms with Gasteiger partial charge in [-0.2, -0.15) is 0 Å². The first kappa shape index (κ1) is 15.0. The van der Waals surface area contributed by atoms with E-state index < -0.39 is 5.91 Å². The summed E-state index contributed by atoms with van der Waals surface area (Å²) in [6.07, 6.45) is 0. The molecule has 5 heteroatoms. The fraction of sp³-hybridized carbons (Fsp3) is 0.462. The Morgan fingerprint density at radius 1 is 1.50 bits per heavy atom. The molecular weight excluding hydrogens is 294 g/mol. The molecule has 0 radical (unpaired) electrons. The zero-order valence-electron chi connectivity index (χ0n) is 11.0. The van der Waals surface area contributed by atoms with E-state index in [1.807, 2.05) is 6.07 Å². The van der Waals surface area contributed by atoms with Crippen LogP contribution in [-0.2, 0) is 0 Å². The molecule has 1 rings (SSSR count). The number of anilines is 1. The number of nitrogens with one attached hydrogen (secondary N) is 1. The van der Waals surface area contributed by atoms with Crippen LogP contribution in [0.4, 0.5) is 5.69 Å². The van der Waals surface area contributed by atoms with E-state index in [-0.39, 0.29) is 5.54 Å². The van der Waals surface area contributed by atoms with Crippen LogP contribution in [0.2, 0.25) is 0 Å². The lowest BCUT2D eigenvalue weighted by Gasteiger charge is -2.35. The molecule has 1 amide bonds. The lowest BCUT2D eigenvalue weighted by Crippen LogP contribution is -2.47. The second kappa shape index (κ2) is 5.71. The third-order valence-electron chi connectivity index (χ3n) is 3.37. The van der Waals surface area contributed by atoms with Crippen LogP contribution in [0, 0.1) is 5.92 Å². The number of halogens is 1. The standard InChI is InChI=1S/C13H20BrN3O/c1-8(2)13(3,7-15)17-11-5-4-9(12(16)18)6-10(11)14/h4-6,8,17H,7,15H2,1-3H3,(H2,16,18). The minimum Gasteiger partial charge on any atom is -0.377 e. The summed E-state index contributed by atoms with van der Waals surface area (Å²) in [7, 11) is 0. The number of carbonyl (C=O) groups is 1. The quantitative estimate of drug-likeness (QED) is 0.780. The van der Waals surface area contributed by atoms with Gasteiger partial charge in [-0.05, 0) is 47.0 Å². The van der Waals surface area contributed by atoms with Crippen LogP contribution in [0.25, 0.3) is 0 Å². The lowest BCUT2D eigenvalue weighted by molar-refractivity contribution is 0.100. The highest BCUT2D eigenvalue weighted by molar-refractivity contribution is 9.10. The molecule has 0 aliphatic carbocycles. The lowest BCUT2D eigenvalue weighted by atomic mass is 9.88. The van der Waals surface area contributed by atoms with Crippen LogP contribution < -0.4 is 16.8 Å². The number of carbonyl (C=O) groups excluding carboxylic acids is 1. The summed E-state index contributed by atoms with van der Waals surface area (Å²) in [5.41, 5.74) is 12.3. The third-order valence-corrected chi connectivity index (χ3v) is 4.03. The predicted molar refractivity (Wildman–Crippen MR) is 78.6 cm³/mol. The summed E-state index contributed by atoms with van der Waals surface area (Å²) in [5, 5.41) is 3.41. The zero-order chi connectivity index (χ0) is 13.9. The first-order valence-electron chi connectivity index (χ1n) is 5.87.